The van der Waals surface area contributed by atoms with E-state index in [1.165, 1.54) is 12.1 Å². The summed E-state index contributed by atoms with van der Waals surface area (Å²) in [5.41, 5.74) is 2.39. The number of carbonyl (C=O) groups is 1. The fourth-order valence-corrected chi connectivity index (χ4v) is 2.53. The topological polar surface area (TPSA) is 62.0 Å². The predicted molar refractivity (Wildman–Crippen MR) is 94.8 cm³/mol. The van der Waals surface area contributed by atoms with Gasteiger partial charge in [0.05, 0.1) is 0 Å². The maximum Gasteiger partial charge on any atom is 0.261 e. The summed E-state index contributed by atoms with van der Waals surface area (Å²) in [6.45, 7) is 1.88. The van der Waals surface area contributed by atoms with Gasteiger partial charge in [0.2, 0.25) is 0 Å². The van der Waals surface area contributed by atoms with E-state index in [2.05, 4.69) is 10.3 Å². The molecule has 0 saturated heterocycles. The number of benzene rings is 2. The maximum absolute atomic E-state index is 13.3. The molecule has 0 unspecified atom stereocenters. The molecule has 1 amide bonds. The zero-order valence-corrected chi connectivity index (χ0v) is 13.7. The molecule has 0 atom stereocenters. The number of carbonyl (C=O) groups excluding carboxylic acids is 1. The molecule has 0 aliphatic heterocycles. The van der Waals surface area contributed by atoms with Crippen LogP contribution >= 0.6 is 0 Å². The highest BCUT2D eigenvalue weighted by Crippen LogP contribution is 2.14. The van der Waals surface area contributed by atoms with Gasteiger partial charge in [-0.3, -0.25) is 9.59 Å². The zero-order chi connectivity index (χ0) is 17.8. The Kier molecular flexibility index (Phi) is 4.75. The van der Waals surface area contributed by atoms with Crippen molar-refractivity contribution in [2.45, 2.75) is 13.5 Å². The molecule has 0 bridgehead atoms. The van der Waals surface area contributed by atoms with E-state index in [9.17, 15) is 14.0 Å². The van der Waals surface area contributed by atoms with Crippen molar-refractivity contribution in [3.05, 3.63) is 93.5 Å². The maximum atomic E-state index is 13.3. The molecule has 0 saturated carbocycles. The quantitative estimate of drug-likeness (QED) is 0.767. The molecule has 3 aromatic rings. The molecule has 1 heterocycles. The first-order valence-corrected chi connectivity index (χ1v) is 7.86. The number of pyridine rings is 1. The summed E-state index contributed by atoms with van der Waals surface area (Å²) in [6, 6.07) is 17.2. The average Bonchev–Trinajstić information content (AvgIpc) is 2.63. The minimum atomic E-state index is -0.470. The van der Waals surface area contributed by atoms with Crippen LogP contribution in [-0.4, -0.2) is 10.9 Å². The molecule has 0 spiro atoms. The Labute approximate surface area is 144 Å². The largest absolute Gasteiger partial charge is 0.348 e. The second-order valence-electron chi connectivity index (χ2n) is 5.75. The van der Waals surface area contributed by atoms with Gasteiger partial charge in [-0.1, -0.05) is 42.5 Å². The Bertz CT molecular complexity index is 965. The summed E-state index contributed by atoms with van der Waals surface area (Å²) in [7, 11) is 0. The van der Waals surface area contributed by atoms with E-state index in [1.54, 1.807) is 25.1 Å². The van der Waals surface area contributed by atoms with Gasteiger partial charge in [-0.25, -0.2) is 4.39 Å². The van der Waals surface area contributed by atoms with Crippen LogP contribution in [0.5, 0.6) is 0 Å². The van der Waals surface area contributed by atoms with Gasteiger partial charge in [-0.05, 0) is 41.8 Å². The average molecular weight is 336 g/mol. The molecule has 126 valence electrons. The van der Waals surface area contributed by atoms with Gasteiger partial charge >= 0.3 is 0 Å². The molecule has 5 heteroatoms. The number of aromatic amines is 1. The van der Waals surface area contributed by atoms with Crippen LogP contribution in [0.15, 0.2) is 65.5 Å². The number of aromatic nitrogens is 1. The van der Waals surface area contributed by atoms with E-state index < -0.39 is 11.5 Å². The SMILES string of the molecule is Cc1cc(CNC(=O)c2ccc(-c3ccccc3)[nH]c2=O)ccc1F. The van der Waals surface area contributed by atoms with Crippen molar-refractivity contribution in [2.24, 2.45) is 0 Å². The fourth-order valence-electron chi connectivity index (χ4n) is 2.53. The van der Waals surface area contributed by atoms with Crippen molar-refractivity contribution in [1.29, 1.82) is 0 Å². The molecular weight excluding hydrogens is 319 g/mol. The van der Waals surface area contributed by atoms with Gasteiger partial charge in [0.15, 0.2) is 0 Å². The van der Waals surface area contributed by atoms with Gasteiger partial charge in [0, 0.05) is 12.2 Å². The van der Waals surface area contributed by atoms with Crippen LogP contribution in [0.4, 0.5) is 4.39 Å². The van der Waals surface area contributed by atoms with Crippen molar-refractivity contribution in [2.75, 3.05) is 0 Å². The van der Waals surface area contributed by atoms with Gasteiger partial charge in [0.25, 0.3) is 11.5 Å². The van der Waals surface area contributed by atoms with Crippen LogP contribution in [0.3, 0.4) is 0 Å². The lowest BCUT2D eigenvalue weighted by Gasteiger charge is -2.07. The lowest BCUT2D eigenvalue weighted by molar-refractivity contribution is 0.0949. The van der Waals surface area contributed by atoms with Gasteiger partial charge < -0.3 is 10.3 Å². The monoisotopic (exact) mass is 336 g/mol. The molecule has 25 heavy (non-hydrogen) atoms. The van der Waals surface area contributed by atoms with Crippen LogP contribution < -0.4 is 10.9 Å². The van der Waals surface area contributed by atoms with Crippen LogP contribution in [0.1, 0.15) is 21.5 Å². The summed E-state index contributed by atoms with van der Waals surface area (Å²) >= 11 is 0. The van der Waals surface area contributed by atoms with Crippen LogP contribution in [0.25, 0.3) is 11.3 Å². The second-order valence-corrected chi connectivity index (χ2v) is 5.75. The van der Waals surface area contributed by atoms with E-state index in [1.807, 2.05) is 30.3 Å². The normalized spacial score (nSPS) is 10.5. The third-order valence-corrected chi connectivity index (χ3v) is 3.91. The first-order valence-electron chi connectivity index (χ1n) is 7.86. The number of H-pyrrole nitrogens is 1. The summed E-state index contributed by atoms with van der Waals surface area (Å²) in [4.78, 5) is 27.2. The third kappa shape index (κ3) is 3.83. The Balaban J connectivity index is 1.74. The highest BCUT2D eigenvalue weighted by Gasteiger charge is 2.11. The molecule has 1 aromatic heterocycles. The Morgan fingerprint density at radius 3 is 2.52 bits per heavy atom. The number of nitrogens with one attached hydrogen (secondary N) is 2. The van der Waals surface area contributed by atoms with Gasteiger partial charge in [-0.2, -0.15) is 0 Å². The molecule has 2 N–H and O–H groups in total. The van der Waals surface area contributed by atoms with Crippen molar-refractivity contribution in [3.63, 3.8) is 0 Å². The van der Waals surface area contributed by atoms with Crippen molar-refractivity contribution < 1.29 is 9.18 Å². The van der Waals surface area contributed by atoms with E-state index in [-0.39, 0.29) is 17.9 Å². The third-order valence-electron chi connectivity index (χ3n) is 3.91. The van der Waals surface area contributed by atoms with Gasteiger partial charge in [-0.15, -0.1) is 0 Å². The molecule has 0 radical (unpaired) electrons. The number of hydrogen-bond acceptors (Lipinski definition) is 2. The first kappa shape index (κ1) is 16.6. The summed E-state index contributed by atoms with van der Waals surface area (Å²) < 4.78 is 13.3. The Hall–Kier alpha value is -3.21. The standard InChI is InChI=1S/C20H17FN2O2/c1-13-11-14(7-9-17(13)21)12-22-19(24)16-8-10-18(23-20(16)25)15-5-3-2-4-6-15/h2-11H,12H2,1H3,(H,22,24)(H,23,25). The first-order chi connectivity index (χ1) is 12.0. The Morgan fingerprint density at radius 1 is 1.08 bits per heavy atom. The van der Waals surface area contributed by atoms with Crippen molar-refractivity contribution >= 4 is 5.91 Å². The number of rotatable bonds is 4. The summed E-state index contributed by atoms with van der Waals surface area (Å²) in [6.07, 6.45) is 0. The van der Waals surface area contributed by atoms with Crippen LogP contribution in [0.2, 0.25) is 0 Å². The number of halogens is 1. The molecule has 0 fully saturated rings. The number of amides is 1. The van der Waals surface area contributed by atoms with E-state index in [0.717, 1.165) is 11.1 Å². The smallest absolute Gasteiger partial charge is 0.261 e. The Morgan fingerprint density at radius 2 is 1.84 bits per heavy atom. The van der Waals surface area contributed by atoms with E-state index in [4.69, 9.17) is 0 Å². The predicted octanol–water partition coefficient (Wildman–Crippen LogP) is 3.42. The molecule has 3 rings (SSSR count). The van der Waals surface area contributed by atoms with E-state index in [0.29, 0.717) is 11.3 Å². The minimum absolute atomic E-state index is 0.0403. The minimum Gasteiger partial charge on any atom is -0.348 e. The van der Waals surface area contributed by atoms with E-state index >= 15 is 0 Å². The van der Waals surface area contributed by atoms with Crippen molar-refractivity contribution in [1.82, 2.24) is 10.3 Å². The molecule has 2 aromatic carbocycles. The van der Waals surface area contributed by atoms with Gasteiger partial charge in [0.1, 0.15) is 11.4 Å². The van der Waals surface area contributed by atoms with Crippen LogP contribution in [-0.2, 0) is 6.54 Å². The molecule has 4 nitrogen and oxygen atoms in total. The lowest BCUT2D eigenvalue weighted by Crippen LogP contribution is -2.29. The second kappa shape index (κ2) is 7.13. The molecule has 0 aliphatic carbocycles. The van der Waals surface area contributed by atoms with Crippen LogP contribution in [0, 0.1) is 12.7 Å². The fraction of sp³-hybridized carbons (Fsp3) is 0.100. The van der Waals surface area contributed by atoms with Crippen molar-refractivity contribution in [3.8, 4) is 11.3 Å². The molecular formula is C20H17FN2O2. The zero-order valence-electron chi connectivity index (χ0n) is 13.7. The summed E-state index contributed by atoms with van der Waals surface area (Å²) in [5.74, 6) is -0.758. The highest BCUT2D eigenvalue weighted by atomic mass is 19.1. The number of hydrogen-bond donors (Lipinski definition) is 2. The molecule has 0 aliphatic rings. The summed E-state index contributed by atoms with van der Waals surface area (Å²) in [5, 5.41) is 2.68. The number of aryl methyl sites for hydroxylation is 1. The highest BCUT2D eigenvalue weighted by molar-refractivity contribution is 5.94. The lowest BCUT2D eigenvalue weighted by atomic mass is 10.1.